The fraction of sp³-hybridized carbons (Fsp3) is 0.375. The maximum absolute atomic E-state index is 11.4. The summed E-state index contributed by atoms with van der Waals surface area (Å²) in [5.41, 5.74) is 2.40. The number of ketones is 1. The SMILES string of the molecule is CC(=O)c1cc(C)c2cc(OCC(C)C)ccc2n1. The predicted octanol–water partition coefficient (Wildman–Crippen LogP) is 3.78. The zero-order valence-corrected chi connectivity index (χ0v) is 11.9. The van der Waals surface area contributed by atoms with E-state index in [2.05, 4.69) is 18.8 Å². The first-order chi connectivity index (χ1) is 8.97. The van der Waals surface area contributed by atoms with Crippen molar-refractivity contribution in [2.24, 2.45) is 5.92 Å². The first-order valence-electron chi connectivity index (χ1n) is 6.52. The monoisotopic (exact) mass is 257 g/mol. The van der Waals surface area contributed by atoms with Gasteiger partial charge in [-0.1, -0.05) is 13.8 Å². The van der Waals surface area contributed by atoms with Crippen LogP contribution in [0.2, 0.25) is 0 Å². The highest BCUT2D eigenvalue weighted by Gasteiger charge is 2.07. The topological polar surface area (TPSA) is 39.2 Å². The minimum absolute atomic E-state index is 0.00913. The third-order valence-corrected chi connectivity index (χ3v) is 2.93. The van der Waals surface area contributed by atoms with E-state index < -0.39 is 0 Å². The van der Waals surface area contributed by atoms with E-state index in [9.17, 15) is 4.79 Å². The van der Waals surface area contributed by atoms with Gasteiger partial charge < -0.3 is 4.74 Å². The van der Waals surface area contributed by atoms with Gasteiger partial charge in [0.2, 0.25) is 0 Å². The zero-order chi connectivity index (χ0) is 14.0. The van der Waals surface area contributed by atoms with Crippen molar-refractivity contribution in [3.8, 4) is 5.75 Å². The Kier molecular flexibility index (Phi) is 3.84. The number of pyridine rings is 1. The van der Waals surface area contributed by atoms with Crippen LogP contribution in [-0.4, -0.2) is 17.4 Å². The van der Waals surface area contributed by atoms with Crippen LogP contribution in [0.15, 0.2) is 24.3 Å². The quantitative estimate of drug-likeness (QED) is 0.782. The van der Waals surface area contributed by atoms with Crippen LogP contribution in [-0.2, 0) is 0 Å². The molecule has 0 saturated heterocycles. The maximum atomic E-state index is 11.4. The Morgan fingerprint density at radius 1 is 1.32 bits per heavy atom. The summed E-state index contributed by atoms with van der Waals surface area (Å²) in [5.74, 6) is 1.34. The Morgan fingerprint density at radius 2 is 2.05 bits per heavy atom. The summed E-state index contributed by atoms with van der Waals surface area (Å²) >= 11 is 0. The molecule has 3 nitrogen and oxygen atoms in total. The van der Waals surface area contributed by atoms with Crippen molar-refractivity contribution in [2.45, 2.75) is 27.7 Å². The predicted molar refractivity (Wildman–Crippen MR) is 76.8 cm³/mol. The molecule has 0 fully saturated rings. The Hall–Kier alpha value is -1.90. The lowest BCUT2D eigenvalue weighted by atomic mass is 10.1. The molecule has 0 bridgehead atoms. The normalized spacial score (nSPS) is 11.0. The number of benzene rings is 1. The summed E-state index contributed by atoms with van der Waals surface area (Å²) in [4.78, 5) is 15.8. The van der Waals surface area contributed by atoms with Crippen LogP contribution in [0.5, 0.6) is 5.75 Å². The summed E-state index contributed by atoms with van der Waals surface area (Å²) in [5, 5.41) is 1.03. The summed E-state index contributed by atoms with van der Waals surface area (Å²) in [6, 6.07) is 7.63. The van der Waals surface area contributed by atoms with Crippen molar-refractivity contribution in [3.63, 3.8) is 0 Å². The third-order valence-electron chi connectivity index (χ3n) is 2.93. The van der Waals surface area contributed by atoms with Gasteiger partial charge in [-0.05, 0) is 42.7 Å². The molecule has 0 aliphatic heterocycles. The number of aryl methyl sites for hydroxylation is 1. The number of ether oxygens (including phenoxy) is 1. The number of nitrogens with zero attached hydrogens (tertiary/aromatic N) is 1. The number of aromatic nitrogens is 1. The van der Waals surface area contributed by atoms with Crippen molar-refractivity contribution < 1.29 is 9.53 Å². The average Bonchev–Trinajstić information content (AvgIpc) is 2.36. The smallest absolute Gasteiger partial charge is 0.178 e. The van der Waals surface area contributed by atoms with Crippen LogP contribution < -0.4 is 4.74 Å². The molecule has 2 aromatic rings. The summed E-state index contributed by atoms with van der Waals surface area (Å²) in [6.45, 7) is 8.46. The van der Waals surface area contributed by atoms with Crippen molar-refractivity contribution in [3.05, 3.63) is 35.5 Å². The van der Waals surface area contributed by atoms with Crippen LogP contribution >= 0.6 is 0 Å². The number of carbonyl (C=O) groups excluding carboxylic acids is 1. The highest BCUT2D eigenvalue weighted by Crippen LogP contribution is 2.23. The number of fused-ring (bicyclic) bond motifs is 1. The molecule has 0 amide bonds. The molecule has 0 N–H and O–H groups in total. The fourth-order valence-electron chi connectivity index (χ4n) is 1.91. The molecule has 0 aliphatic carbocycles. The molecule has 0 aliphatic rings. The lowest BCUT2D eigenvalue weighted by Crippen LogP contribution is -2.04. The van der Waals surface area contributed by atoms with E-state index in [1.807, 2.05) is 31.2 Å². The highest BCUT2D eigenvalue weighted by molar-refractivity contribution is 5.96. The van der Waals surface area contributed by atoms with E-state index in [4.69, 9.17) is 4.74 Å². The van der Waals surface area contributed by atoms with Gasteiger partial charge in [-0.3, -0.25) is 4.79 Å². The molecule has 0 radical (unpaired) electrons. The van der Waals surface area contributed by atoms with Crippen LogP contribution in [0.1, 0.15) is 36.8 Å². The lowest BCUT2D eigenvalue weighted by molar-refractivity contribution is 0.101. The second kappa shape index (κ2) is 5.39. The Balaban J connectivity index is 2.40. The van der Waals surface area contributed by atoms with E-state index in [-0.39, 0.29) is 5.78 Å². The van der Waals surface area contributed by atoms with E-state index in [1.165, 1.54) is 6.92 Å². The van der Waals surface area contributed by atoms with Gasteiger partial charge >= 0.3 is 0 Å². The Morgan fingerprint density at radius 3 is 2.68 bits per heavy atom. The average molecular weight is 257 g/mol. The van der Waals surface area contributed by atoms with Crippen LogP contribution in [0.3, 0.4) is 0 Å². The summed E-state index contributed by atoms with van der Waals surface area (Å²) in [7, 11) is 0. The summed E-state index contributed by atoms with van der Waals surface area (Å²) in [6.07, 6.45) is 0. The van der Waals surface area contributed by atoms with Gasteiger partial charge in [0.25, 0.3) is 0 Å². The minimum atomic E-state index is -0.00913. The molecular weight excluding hydrogens is 238 g/mol. The van der Waals surface area contributed by atoms with Gasteiger partial charge in [-0.15, -0.1) is 0 Å². The molecule has 1 aromatic heterocycles. The molecule has 0 unspecified atom stereocenters. The van der Waals surface area contributed by atoms with Crippen molar-refractivity contribution in [1.29, 1.82) is 0 Å². The van der Waals surface area contributed by atoms with Crippen molar-refractivity contribution in [2.75, 3.05) is 6.61 Å². The lowest BCUT2D eigenvalue weighted by Gasteiger charge is -2.10. The molecule has 2 rings (SSSR count). The molecule has 1 aromatic carbocycles. The maximum Gasteiger partial charge on any atom is 0.178 e. The molecule has 19 heavy (non-hydrogen) atoms. The van der Waals surface area contributed by atoms with Gasteiger partial charge in [0.05, 0.1) is 12.1 Å². The van der Waals surface area contributed by atoms with Crippen LogP contribution in [0.25, 0.3) is 10.9 Å². The van der Waals surface area contributed by atoms with Crippen molar-refractivity contribution in [1.82, 2.24) is 4.98 Å². The molecule has 0 saturated carbocycles. The second-order valence-corrected chi connectivity index (χ2v) is 5.26. The molecule has 100 valence electrons. The molecule has 0 atom stereocenters. The summed E-state index contributed by atoms with van der Waals surface area (Å²) < 4.78 is 5.71. The number of carbonyl (C=O) groups is 1. The van der Waals surface area contributed by atoms with E-state index in [1.54, 1.807) is 0 Å². The van der Waals surface area contributed by atoms with Gasteiger partial charge in [0, 0.05) is 12.3 Å². The number of hydrogen-bond acceptors (Lipinski definition) is 3. The zero-order valence-electron chi connectivity index (χ0n) is 11.9. The van der Waals surface area contributed by atoms with Gasteiger partial charge in [0.1, 0.15) is 11.4 Å². The van der Waals surface area contributed by atoms with E-state index in [0.717, 1.165) is 22.2 Å². The third kappa shape index (κ3) is 3.11. The van der Waals surface area contributed by atoms with E-state index >= 15 is 0 Å². The van der Waals surface area contributed by atoms with Crippen molar-refractivity contribution >= 4 is 16.7 Å². The first kappa shape index (κ1) is 13.5. The van der Waals surface area contributed by atoms with E-state index in [0.29, 0.717) is 18.2 Å². The van der Waals surface area contributed by atoms with Gasteiger partial charge in [-0.25, -0.2) is 4.98 Å². The standard InChI is InChI=1S/C16H19NO2/c1-10(2)9-19-13-5-6-15-14(8-13)11(3)7-16(17-15)12(4)18/h5-8,10H,9H2,1-4H3. The Bertz CT molecular complexity index is 617. The Labute approximate surface area is 113 Å². The second-order valence-electron chi connectivity index (χ2n) is 5.26. The highest BCUT2D eigenvalue weighted by atomic mass is 16.5. The fourth-order valence-corrected chi connectivity index (χ4v) is 1.91. The molecular formula is C16H19NO2. The number of hydrogen-bond donors (Lipinski definition) is 0. The van der Waals surface area contributed by atoms with Gasteiger partial charge in [-0.2, -0.15) is 0 Å². The number of rotatable bonds is 4. The van der Waals surface area contributed by atoms with Crippen LogP contribution in [0.4, 0.5) is 0 Å². The number of Topliss-reactive ketones (excluding diaryl/α,β-unsaturated/α-hetero) is 1. The molecule has 1 heterocycles. The van der Waals surface area contributed by atoms with Crippen LogP contribution in [0, 0.1) is 12.8 Å². The molecule has 0 spiro atoms. The van der Waals surface area contributed by atoms with Gasteiger partial charge in [0.15, 0.2) is 5.78 Å². The molecule has 3 heteroatoms. The first-order valence-corrected chi connectivity index (χ1v) is 6.52. The minimum Gasteiger partial charge on any atom is -0.493 e. The largest absolute Gasteiger partial charge is 0.493 e.